The number of hydrogen-bond donors (Lipinski definition) is 1. The molecule has 86 valence electrons. The zero-order valence-electron chi connectivity index (χ0n) is 9.04. The van der Waals surface area contributed by atoms with Crippen molar-refractivity contribution in [2.45, 2.75) is 12.6 Å². The Labute approximate surface area is 98.1 Å². The number of rotatable bonds is 2. The Morgan fingerprint density at radius 3 is 2.65 bits per heavy atom. The monoisotopic (exact) mass is 229 g/mol. The van der Waals surface area contributed by atoms with E-state index >= 15 is 0 Å². The summed E-state index contributed by atoms with van der Waals surface area (Å²) < 4.78 is 0. The van der Waals surface area contributed by atoms with Gasteiger partial charge in [0.1, 0.15) is 12.0 Å². The molecule has 2 atom stereocenters. The van der Waals surface area contributed by atoms with Gasteiger partial charge in [-0.15, -0.1) is 0 Å². The average Bonchev–Trinajstić information content (AvgIpc) is 2.91. The zero-order chi connectivity index (χ0) is 11.8. The number of hydrazone groups is 1. The molecule has 1 saturated heterocycles. The Hall–Kier alpha value is -2.17. The van der Waals surface area contributed by atoms with Gasteiger partial charge in [-0.1, -0.05) is 30.3 Å². The Balaban J connectivity index is 1.83. The minimum atomic E-state index is -0.494. The second kappa shape index (κ2) is 3.69. The fraction of sp³-hybridized carbons (Fsp3) is 0.250. The minimum absolute atomic E-state index is 0.169. The fourth-order valence-electron chi connectivity index (χ4n) is 2.16. The average molecular weight is 229 g/mol. The van der Waals surface area contributed by atoms with Gasteiger partial charge in [0, 0.05) is 6.21 Å². The molecule has 2 aliphatic rings. The summed E-state index contributed by atoms with van der Waals surface area (Å²) in [5.74, 6) is -0.787. The number of benzene rings is 1. The van der Waals surface area contributed by atoms with Crippen LogP contribution in [0.5, 0.6) is 0 Å². The largest absolute Gasteiger partial charge is 0.297 e. The third kappa shape index (κ3) is 1.51. The maximum absolute atomic E-state index is 12.0. The molecular weight excluding hydrogens is 218 g/mol. The number of imide groups is 1. The molecule has 1 aromatic rings. The molecule has 1 aromatic carbocycles. The van der Waals surface area contributed by atoms with E-state index in [1.165, 1.54) is 11.1 Å². The highest BCUT2D eigenvalue weighted by Crippen LogP contribution is 2.23. The molecule has 0 saturated carbocycles. The van der Waals surface area contributed by atoms with Gasteiger partial charge in [-0.25, -0.2) is 0 Å². The van der Waals surface area contributed by atoms with E-state index < -0.39 is 12.0 Å². The first-order valence-corrected chi connectivity index (χ1v) is 5.45. The van der Waals surface area contributed by atoms with E-state index in [0.717, 1.165) is 5.56 Å². The quantitative estimate of drug-likeness (QED) is 0.733. The highest BCUT2D eigenvalue weighted by Gasteiger charge is 2.48. The molecular formula is C12H11N3O2. The molecule has 5 nitrogen and oxygen atoms in total. The molecule has 0 spiro atoms. The highest BCUT2D eigenvalue weighted by atomic mass is 16.2. The molecule has 3 rings (SSSR count). The van der Waals surface area contributed by atoms with Crippen LogP contribution in [0.2, 0.25) is 0 Å². The van der Waals surface area contributed by atoms with Gasteiger partial charge in [-0.3, -0.25) is 19.9 Å². The first-order valence-electron chi connectivity index (χ1n) is 5.45. The van der Waals surface area contributed by atoms with Gasteiger partial charge < -0.3 is 0 Å². The van der Waals surface area contributed by atoms with E-state index in [0.29, 0.717) is 6.54 Å². The standard InChI is InChI=1S/C12H11N3O2/c16-11-9-6-13-14-10(9)12(17)15(11)7-8-4-2-1-3-5-8/h1-6,9-10,14H,7H2/t9-,10+/m1/s1. The van der Waals surface area contributed by atoms with E-state index in [-0.39, 0.29) is 11.8 Å². The Kier molecular flexibility index (Phi) is 2.18. The van der Waals surface area contributed by atoms with Gasteiger partial charge in [0.2, 0.25) is 5.91 Å². The molecule has 5 heteroatoms. The number of amides is 2. The third-order valence-corrected chi connectivity index (χ3v) is 3.07. The van der Waals surface area contributed by atoms with Crippen LogP contribution in [0.1, 0.15) is 5.56 Å². The molecule has 1 N–H and O–H groups in total. The summed E-state index contributed by atoms with van der Waals surface area (Å²) in [5, 5.41) is 3.77. The molecule has 2 heterocycles. The van der Waals surface area contributed by atoms with E-state index in [1.807, 2.05) is 30.3 Å². The van der Waals surface area contributed by atoms with Crippen molar-refractivity contribution in [3.8, 4) is 0 Å². The van der Waals surface area contributed by atoms with E-state index in [2.05, 4.69) is 10.5 Å². The normalized spacial score (nSPS) is 26.2. The van der Waals surface area contributed by atoms with Crippen molar-refractivity contribution in [1.29, 1.82) is 0 Å². The van der Waals surface area contributed by atoms with Crippen LogP contribution in [0.25, 0.3) is 0 Å². The van der Waals surface area contributed by atoms with Crippen molar-refractivity contribution in [3.05, 3.63) is 35.9 Å². The van der Waals surface area contributed by atoms with Crippen LogP contribution in [0.4, 0.5) is 0 Å². The molecule has 0 aliphatic carbocycles. The lowest BCUT2D eigenvalue weighted by Gasteiger charge is -2.14. The van der Waals surface area contributed by atoms with Crippen molar-refractivity contribution in [3.63, 3.8) is 0 Å². The summed E-state index contributed by atoms with van der Waals surface area (Å²) in [6.45, 7) is 0.334. The number of nitrogens with zero attached hydrogens (tertiary/aromatic N) is 2. The molecule has 2 amide bonds. The molecule has 1 fully saturated rings. The predicted molar refractivity (Wildman–Crippen MR) is 60.9 cm³/mol. The summed E-state index contributed by atoms with van der Waals surface area (Å²) in [6.07, 6.45) is 1.51. The van der Waals surface area contributed by atoms with Crippen molar-refractivity contribution >= 4 is 18.0 Å². The van der Waals surface area contributed by atoms with Crippen molar-refractivity contribution in [2.24, 2.45) is 11.0 Å². The Morgan fingerprint density at radius 2 is 1.94 bits per heavy atom. The van der Waals surface area contributed by atoms with Crippen molar-refractivity contribution in [2.75, 3.05) is 0 Å². The van der Waals surface area contributed by atoms with E-state index in [9.17, 15) is 9.59 Å². The third-order valence-electron chi connectivity index (χ3n) is 3.07. The van der Waals surface area contributed by atoms with Crippen LogP contribution in [0.15, 0.2) is 35.4 Å². The van der Waals surface area contributed by atoms with Gasteiger partial charge in [0.25, 0.3) is 5.91 Å². The first kappa shape index (κ1) is 10.0. The summed E-state index contributed by atoms with van der Waals surface area (Å²) >= 11 is 0. The minimum Gasteiger partial charge on any atom is -0.297 e. The van der Waals surface area contributed by atoms with Gasteiger partial charge >= 0.3 is 0 Å². The van der Waals surface area contributed by atoms with Crippen LogP contribution < -0.4 is 5.43 Å². The lowest BCUT2D eigenvalue weighted by Crippen LogP contribution is -2.35. The predicted octanol–water partition coefficient (Wildman–Crippen LogP) is 0.129. The van der Waals surface area contributed by atoms with E-state index in [4.69, 9.17) is 0 Å². The molecule has 0 radical (unpaired) electrons. The molecule has 0 unspecified atom stereocenters. The topological polar surface area (TPSA) is 61.8 Å². The van der Waals surface area contributed by atoms with Crippen LogP contribution in [-0.2, 0) is 16.1 Å². The highest BCUT2D eigenvalue weighted by molar-refractivity contribution is 6.14. The number of hydrogen-bond acceptors (Lipinski definition) is 4. The molecule has 0 aromatic heterocycles. The van der Waals surface area contributed by atoms with Gasteiger partial charge in [0.15, 0.2) is 0 Å². The van der Waals surface area contributed by atoms with Gasteiger partial charge in [-0.2, -0.15) is 5.10 Å². The summed E-state index contributed by atoms with van der Waals surface area (Å²) in [5.41, 5.74) is 3.62. The maximum atomic E-state index is 12.0. The fourth-order valence-corrected chi connectivity index (χ4v) is 2.16. The Morgan fingerprint density at radius 1 is 1.18 bits per heavy atom. The smallest absolute Gasteiger partial charge is 0.254 e. The summed E-state index contributed by atoms with van der Waals surface area (Å²) in [7, 11) is 0. The molecule has 17 heavy (non-hydrogen) atoms. The van der Waals surface area contributed by atoms with Crippen LogP contribution in [0, 0.1) is 5.92 Å². The number of fused-ring (bicyclic) bond motifs is 1. The van der Waals surface area contributed by atoms with Crippen LogP contribution in [0.3, 0.4) is 0 Å². The SMILES string of the molecule is O=C1[C@H]2NN=C[C@H]2C(=O)N1Cc1ccccc1. The van der Waals surface area contributed by atoms with E-state index in [1.54, 1.807) is 0 Å². The lowest BCUT2D eigenvalue weighted by molar-refractivity contribution is -0.140. The summed E-state index contributed by atoms with van der Waals surface area (Å²) in [4.78, 5) is 25.2. The van der Waals surface area contributed by atoms with Gasteiger partial charge in [0.05, 0.1) is 6.54 Å². The first-order chi connectivity index (χ1) is 8.27. The van der Waals surface area contributed by atoms with Crippen molar-refractivity contribution < 1.29 is 9.59 Å². The van der Waals surface area contributed by atoms with Crippen LogP contribution >= 0.6 is 0 Å². The second-order valence-electron chi connectivity index (χ2n) is 4.16. The second-order valence-corrected chi connectivity index (χ2v) is 4.16. The number of carbonyl (C=O) groups is 2. The summed E-state index contributed by atoms with van der Waals surface area (Å²) in [6, 6.07) is 8.99. The zero-order valence-corrected chi connectivity index (χ0v) is 9.04. The molecule has 2 aliphatic heterocycles. The van der Waals surface area contributed by atoms with Crippen molar-refractivity contribution in [1.82, 2.24) is 10.3 Å². The number of nitrogens with one attached hydrogen (secondary N) is 1. The number of carbonyl (C=O) groups excluding carboxylic acids is 2. The maximum Gasteiger partial charge on any atom is 0.254 e. The lowest BCUT2D eigenvalue weighted by atomic mass is 10.1. The van der Waals surface area contributed by atoms with Gasteiger partial charge in [-0.05, 0) is 5.56 Å². The Bertz CT molecular complexity index is 498. The van der Waals surface area contributed by atoms with Crippen LogP contribution in [-0.4, -0.2) is 29.0 Å². The molecule has 0 bridgehead atoms. The number of likely N-dealkylation sites (tertiary alicyclic amines) is 1.